The van der Waals surface area contributed by atoms with Crippen LogP contribution in [0.3, 0.4) is 0 Å². The number of nitrogens with zero attached hydrogens (tertiary/aromatic N) is 2. The highest BCUT2D eigenvalue weighted by molar-refractivity contribution is 6.31. The number of hydrogen-bond donors (Lipinski definition) is 1. The standard InChI is InChI=1S/C16H14ClN3O/c1-10-5-11(2)7-14(6-10)19-16(21)20-15-4-3-13(17)8-12(15)9-18-20/h3-9H,1-2H3,(H,19,21). The number of carbonyl (C=O) groups excluding carboxylic acids is 1. The quantitative estimate of drug-likeness (QED) is 0.724. The Morgan fingerprint density at radius 3 is 2.57 bits per heavy atom. The first-order valence-electron chi connectivity index (χ1n) is 6.56. The lowest BCUT2D eigenvalue weighted by atomic mass is 10.1. The lowest BCUT2D eigenvalue weighted by molar-refractivity contribution is 0.252. The number of carbonyl (C=O) groups is 1. The van der Waals surface area contributed by atoms with E-state index in [2.05, 4.69) is 16.5 Å². The maximum absolute atomic E-state index is 12.4. The fourth-order valence-corrected chi connectivity index (χ4v) is 2.57. The fraction of sp³-hybridized carbons (Fsp3) is 0.125. The summed E-state index contributed by atoms with van der Waals surface area (Å²) in [6.07, 6.45) is 1.63. The Kier molecular flexibility index (Phi) is 3.39. The van der Waals surface area contributed by atoms with Crippen molar-refractivity contribution < 1.29 is 4.79 Å². The van der Waals surface area contributed by atoms with Gasteiger partial charge in [0.25, 0.3) is 0 Å². The molecule has 1 heterocycles. The third-order valence-electron chi connectivity index (χ3n) is 3.20. The van der Waals surface area contributed by atoms with Crippen LogP contribution in [-0.4, -0.2) is 15.8 Å². The second kappa shape index (κ2) is 5.22. The molecular formula is C16H14ClN3O. The minimum Gasteiger partial charge on any atom is -0.306 e. The van der Waals surface area contributed by atoms with Crippen LogP contribution in [0.25, 0.3) is 10.9 Å². The highest BCUT2D eigenvalue weighted by atomic mass is 35.5. The van der Waals surface area contributed by atoms with Gasteiger partial charge in [0.05, 0.1) is 11.7 Å². The molecule has 21 heavy (non-hydrogen) atoms. The van der Waals surface area contributed by atoms with E-state index in [1.54, 1.807) is 24.4 Å². The van der Waals surface area contributed by atoms with Crippen molar-refractivity contribution in [2.45, 2.75) is 13.8 Å². The summed E-state index contributed by atoms with van der Waals surface area (Å²) in [5.41, 5.74) is 3.68. The summed E-state index contributed by atoms with van der Waals surface area (Å²) in [5, 5.41) is 8.44. The van der Waals surface area contributed by atoms with Crippen LogP contribution in [0.1, 0.15) is 11.1 Å². The zero-order valence-electron chi connectivity index (χ0n) is 11.7. The Morgan fingerprint density at radius 1 is 1.14 bits per heavy atom. The van der Waals surface area contributed by atoms with Crippen molar-refractivity contribution in [1.82, 2.24) is 9.78 Å². The molecule has 0 radical (unpaired) electrons. The van der Waals surface area contributed by atoms with Gasteiger partial charge in [-0.15, -0.1) is 0 Å². The molecule has 0 unspecified atom stereocenters. The Morgan fingerprint density at radius 2 is 1.86 bits per heavy atom. The highest BCUT2D eigenvalue weighted by Crippen LogP contribution is 2.20. The number of rotatable bonds is 1. The fourth-order valence-electron chi connectivity index (χ4n) is 2.39. The van der Waals surface area contributed by atoms with Crippen LogP contribution >= 0.6 is 11.6 Å². The molecule has 0 aliphatic heterocycles. The minimum absolute atomic E-state index is 0.294. The normalized spacial score (nSPS) is 10.8. The molecule has 5 heteroatoms. The summed E-state index contributed by atoms with van der Waals surface area (Å²) < 4.78 is 1.34. The van der Waals surface area contributed by atoms with Gasteiger partial charge in [-0.2, -0.15) is 9.78 Å². The van der Waals surface area contributed by atoms with E-state index < -0.39 is 0 Å². The molecule has 0 atom stereocenters. The average Bonchev–Trinajstić information content (AvgIpc) is 2.80. The lowest BCUT2D eigenvalue weighted by Gasteiger charge is -2.08. The molecule has 0 fully saturated rings. The van der Waals surface area contributed by atoms with Crippen LogP contribution in [0.5, 0.6) is 0 Å². The Hall–Kier alpha value is -2.33. The van der Waals surface area contributed by atoms with Gasteiger partial charge in [-0.3, -0.25) is 0 Å². The molecule has 3 rings (SSSR count). The van der Waals surface area contributed by atoms with Gasteiger partial charge in [0.15, 0.2) is 0 Å². The van der Waals surface area contributed by atoms with Crippen molar-refractivity contribution in [3.05, 3.63) is 58.7 Å². The summed E-state index contributed by atoms with van der Waals surface area (Å²) in [5.74, 6) is 0. The zero-order chi connectivity index (χ0) is 15.0. The van der Waals surface area contributed by atoms with Crippen LogP contribution in [0.2, 0.25) is 5.02 Å². The SMILES string of the molecule is Cc1cc(C)cc(NC(=O)n2ncc3cc(Cl)ccc32)c1. The van der Waals surface area contributed by atoms with Gasteiger partial charge >= 0.3 is 6.03 Å². The lowest BCUT2D eigenvalue weighted by Crippen LogP contribution is -2.20. The van der Waals surface area contributed by atoms with Gasteiger partial charge in [0, 0.05) is 16.1 Å². The van der Waals surface area contributed by atoms with Crippen molar-refractivity contribution in [2.75, 3.05) is 5.32 Å². The van der Waals surface area contributed by atoms with Crippen LogP contribution in [0, 0.1) is 13.8 Å². The number of amides is 1. The molecule has 1 N–H and O–H groups in total. The van der Waals surface area contributed by atoms with Crippen LogP contribution < -0.4 is 5.32 Å². The summed E-state index contributed by atoms with van der Waals surface area (Å²) in [7, 11) is 0. The van der Waals surface area contributed by atoms with Gasteiger partial charge in [0.1, 0.15) is 0 Å². The van der Waals surface area contributed by atoms with Crippen LogP contribution in [0.4, 0.5) is 10.5 Å². The highest BCUT2D eigenvalue weighted by Gasteiger charge is 2.11. The van der Waals surface area contributed by atoms with Gasteiger partial charge in [-0.05, 0) is 55.3 Å². The molecule has 0 aliphatic carbocycles. The van der Waals surface area contributed by atoms with Gasteiger partial charge in [0.2, 0.25) is 0 Å². The van der Waals surface area contributed by atoms with Crippen molar-refractivity contribution in [1.29, 1.82) is 0 Å². The maximum Gasteiger partial charge on any atom is 0.347 e. The van der Waals surface area contributed by atoms with Crippen LogP contribution in [0.15, 0.2) is 42.6 Å². The van der Waals surface area contributed by atoms with E-state index >= 15 is 0 Å². The van der Waals surface area contributed by atoms with E-state index in [-0.39, 0.29) is 6.03 Å². The Labute approximate surface area is 127 Å². The average molecular weight is 300 g/mol. The van der Waals surface area contributed by atoms with E-state index in [9.17, 15) is 4.79 Å². The molecule has 1 amide bonds. The van der Waals surface area contributed by atoms with Crippen molar-refractivity contribution in [2.24, 2.45) is 0 Å². The second-order valence-electron chi connectivity index (χ2n) is 5.07. The van der Waals surface area contributed by atoms with Crippen LogP contribution in [-0.2, 0) is 0 Å². The molecule has 106 valence electrons. The number of anilines is 1. The molecule has 4 nitrogen and oxygen atoms in total. The summed E-state index contributed by atoms with van der Waals surface area (Å²) >= 11 is 5.93. The van der Waals surface area contributed by atoms with E-state index in [1.807, 2.05) is 26.0 Å². The number of halogens is 1. The number of benzene rings is 2. The Balaban J connectivity index is 1.93. The predicted molar refractivity (Wildman–Crippen MR) is 85.1 cm³/mol. The van der Waals surface area contributed by atoms with E-state index in [0.717, 1.165) is 27.7 Å². The second-order valence-corrected chi connectivity index (χ2v) is 5.50. The first-order chi connectivity index (χ1) is 10.0. The summed E-state index contributed by atoms with van der Waals surface area (Å²) in [4.78, 5) is 12.4. The number of aryl methyl sites for hydroxylation is 2. The van der Waals surface area contributed by atoms with Crippen molar-refractivity contribution in [3.8, 4) is 0 Å². The largest absolute Gasteiger partial charge is 0.347 e. The molecule has 0 bridgehead atoms. The number of nitrogens with one attached hydrogen (secondary N) is 1. The molecule has 1 aromatic heterocycles. The third-order valence-corrected chi connectivity index (χ3v) is 3.43. The molecule has 2 aromatic carbocycles. The topological polar surface area (TPSA) is 46.9 Å². The predicted octanol–water partition coefficient (Wildman–Crippen LogP) is 4.39. The summed E-state index contributed by atoms with van der Waals surface area (Å²) in [6, 6.07) is 10.9. The van der Waals surface area contributed by atoms with Gasteiger partial charge in [-0.1, -0.05) is 17.7 Å². The number of hydrogen-bond acceptors (Lipinski definition) is 2. The monoisotopic (exact) mass is 299 g/mol. The van der Waals surface area contributed by atoms with Gasteiger partial charge < -0.3 is 5.32 Å². The molecule has 0 saturated carbocycles. The Bertz CT molecular complexity index is 818. The maximum atomic E-state index is 12.4. The molecule has 0 spiro atoms. The molecule has 0 aliphatic rings. The minimum atomic E-state index is -0.294. The number of aromatic nitrogens is 2. The van der Waals surface area contributed by atoms with E-state index in [0.29, 0.717) is 5.02 Å². The first kappa shape index (κ1) is 13.6. The third kappa shape index (κ3) is 2.76. The molecule has 3 aromatic rings. The molecule has 0 saturated heterocycles. The van der Waals surface area contributed by atoms with Gasteiger partial charge in [-0.25, -0.2) is 4.79 Å². The van der Waals surface area contributed by atoms with E-state index in [1.165, 1.54) is 4.68 Å². The number of fused-ring (bicyclic) bond motifs is 1. The van der Waals surface area contributed by atoms with E-state index in [4.69, 9.17) is 11.6 Å². The molecular weight excluding hydrogens is 286 g/mol. The van der Waals surface area contributed by atoms with Crippen molar-refractivity contribution >= 4 is 34.2 Å². The summed E-state index contributed by atoms with van der Waals surface area (Å²) in [6.45, 7) is 3.99. The zero-order valence-corrected chi connectivity index (χ0v) is 12.5. The van der Waals surface area contributed by atoms with Crippen molar-refractivity contribution in [3.63, 3.8) is 0 Å². The first-order valence-corrected chi connectivity index (χ1v) is 6.94. The smallest absolute Gasteiger partial charge is 0.306 e.